The second kappa shape index (κ2) is 18.6. The largest absolute Gasteiger partial charge is 0.466 e. The van der Waals surface area contributed by atoms with Crippen LogP contribution in [0.2, 0.25) is 0 Å². The van der Waals surface area contributed by atoms with Crippen LogP contribution in [0.3, 0.4) is 0 Å². The molecule has 0 aromatic carbocycles. The monoisotopic (exact) mass is 368 g/mol. The Kier molecular flexibility index (Phi) is 17.8. The molecule has 0 aliphatic rings. The normalized spacial score (nSPS) is 12.4. The van der Waals surface area contributed by atoms with E-state index in [-0.39, 0.29) is 17.9 Å². The molecule has 0 aromatic heterocycles. The van der Waals surface area contributed by atoms with E-state index < -0.39 is 0 Å². The van der Waals surface area contributed by atoms with E-state index in [0.29, 0.717) is 19.4 Å². The lowest BCUT2D eigenvalue weighted by atomic mass is 10.0. The quantitative estimate of drug-likeness (QED) is 0.197. The fourth-order valence-electron chi connectivity index (χ4n) is 2.89. The molecule has 0 rings (SSSR count). The summed E-state index contributed by atoms with van der Waals surface area (Å²) in [6, 6.07) is 0. The molecule has 0 aliphatic heterocycles. The first-order chi connectivity index (χ1) is 12.6. The van der Waals surface area contributed by atoms with Crippen LogP contribution < -0.4 is 0 Å². The van der Waals surface area contributed by atoms with Gasteiger partial charge in [0.25, 0.3) is 0 Å². The number of rotatable bonds is 18. The number of esters is 1. The molecule has 0 aliphatic carbocycles. The molecule has 152 valence electrons. The summed E-state index contributed by atoms with van der Waals surface area (Å²) in [6.45, 7) is 3.95. The third kappa shape index (κ3) is 19.2. The fourth-order valence-corrected chi connectivity index (χ4v) is 2.89. The highest BCUT2D eigenvalue weighted by Crippen LogP contribution is 2.11. The number of Topliss-reactive ketones (excluding diaryl/α,β-unsaturated/α-hetero) is 1. The average Bonchev–Trinajstić information content (AvgIpc) is 2.59. The van der Waals surface area contributed by atoms with Gasteiger partial charge in [-0.25, -0.2) is 0 Å². The van der Waals surface area contributed by atoms with E-state index in [4.69, 9.17) is 4.74 Å². The maximum absolute atomic E-state index is 11.2. The Bertz CT molecular complexity index is 376. The molecule has 1 N–H and O–H groups in total. The minimum absolute atomic E-state index is 0.0787. The molecule has 0 bridgehead atoms. The maximum Gasteiger partial charge on any atom is 0.305 e. The van der Waals surface area contributed by atoms with Crippen LogP contribution in [-0.2, 0) is 14.3 Å². The van der Waals surface area contributed by atoms with Crippen LogP contribution in [0.5, 0.6) is 0 Å². The topological polar surface area (TPSA) is 63.6 Å². The summed E-state index contributed by atoms with van der Waals surface area (Å²) in [7, 11) is 0. The van der Waals surface area contributed by atoms with Crippen molar-refractivity contribution >= 4 is 11.8 Å². The van der Waals surface area contributed by atoms with Gasteiger partial charge in [-0.3, -0.25) is 4.79 Å². The lowest BCUT2D eigenvalue weighted by Gasteiger charge is -2.07. The van der Waals surface area contributed by atoms with Gasteiger partial charge in [0.1, 0.15) is 5.78 Å². The van der Waals surface area contributed by atoms with E-state index in [0.717, 1.165) is 57.8 Å². The van der Waals surface area contributed by atoms with Gasteiger partial charge in [-0.2, -0.15) is 0 Å². The van der Waals surface area contributed by atoms with Gasteiger partial charge in [-0.1, -0.05) is 50.7 Å². The lowest BCUT2D eigenvalue weighted by Crippen LogP contribution is -2.04. The van der Waals surface area contributed by atoms with Crippen molar-refractivity contribution in [1.82, 2.24) is 0 Å². The van der Waals surface area contributed by atoms with Crippen LogP contribution in [0.25, 0.3) is 0 Å². The molecule has 0 saturated carbocycles. The minimum atomic E-state index is -0.234. The third-order valence-electron chi connectivity index (χ3n) is 4.45. The van der Waals surface area contributed by atoms with Gasteiger partial charge in [-0.15, -0.1) is 0 Å². The highest BCUT2D eigenvalue weighted by atomic mass is 16.5. The number of hydrogen-bond donors (Lipinski definition) is 1. The Morgan fingerprint density at radius 3 is 2.19 bits per heavy atom. The number of aliphatic hydroxyl groups is 1. The molecular formula is C22H40O4. The Labute approximate surface area is 160 Å². The summed E-state index contributed by atoms with van der Waals surface area (Å²) in [5, 5.41) is 9.93. The molecule has 0 amide bonds. The Balaban J connectivity index is 3.33. The average molecular weight is 369 g/mol. The molecule has 0 fully saturated rings. The van der Waals surface area contributed by atoms with Gasteiger partial charge in [-0.05, 0) is 52.4 Å². The Hall–Kier alpha value is -1.16. The number of unbranched alkanes of at least 4 members (excludes halogenated alkanes) is 8. The van der Waals surface area contributed by atoms with Crippen molar-refractivity contribution in [3.8, 4) is 0 Å². The fraction of sp³-hybridized carbons (Fsp3) is 0.818. The molecule has 26 heavy (non-hydrogen) atoms. The number of allylic oxidation sites excluding steroid dienone is 1. The smallest absolute Gasteiger partial charge is 0.305 e. The molecule has 0 radical (unpaired) electrons. The van der Waals surface area contributed by atoms with E-state index in [9.17, 15) is 14.7 Å². The van der Waals surface area contributed by atoms with Crippen molar-refractivity contribution in [2.45, 2.75) is 110 Å². The summed E-state index contributed by atoms with van der Waals surface area (Å²) < 4.78 is 4.90. The van der Waals surface area contributed by atoms with Crippen LogP contribution in [0.15, 0.2) is 12.2 Å². The van der Waals surface area contributed by atoms with Crippen molar-refractivity contribution in [3.63, 3.8) is 0 Å². The zero-order chi connectivity index (χ0) is 19.5. The molecule has 0 saturated heterocycles. The van der Waals surface area contributed by atoms with Gasteiger partial charge >= 0.3 is 5.97 Å². The third-order valence-corrected chi connectivity index (χ3v) is 4.45. The molecule has 4 heteroatoms. The maximum atomic E-state index is 11.2. The SMILES string of the molecule is CCOC(=O)CCCCCCC/C=C\C[C@H](O)CCCCCCC(C)=O. The van der Waals surface area contributed by atoms with Crippen molar-refractivity contribution < 1.29 is 19.4 Å². The number of ether oxygens (including phenoxy) is 1. The van der Waals surface area contributed by atoms with Crippen molar-refractivity contribution in [1.29, 1.82) is 0 Å². The van der Waals surface area contributed by atoms with E-state index in [1.807, 2.05) is 6.92 Å². The summed E-state index contributed by atoms with van der Waals surface area (Å²) in [5.41, 5.74) is 0. The lowest BCUT2D eigenvalue weighted by molar-refractivity contribution is -0.143. The molecule has 0 unspecified atom stereocenters. The van der Waals surface area contributed by atoms with Crippen LogP contribution in [0, 0.1) is 0 Å². The molecule has 4 nitrogen and oxygen atoms in total. The van der Waals surface area contributed by atoms with Gasteiger partial charge in [0.05, 0.1) is 12.7 Å². The second-order valence-corrected chi connectivity index (χ2v) is 7.13. The highest BCUT2D eigenvalue weighted by Gasteiger charge is 2.02. The summed E-state index contributed by atoms with van der Waals surface area (Å²) in [6.07, 6.45) is 17.7. The zero-order valence-corrected chi connectivity index (χ0v) is 17.0. The number of aliphatic hydroxyl groups excluding tert-OH is 1. The summed E-state index contributed by atoms with van der Waals surface area (Å²) >= 11 is 0. The standard InChI is InChI=1S/C22H40O4/c1-3-26-22(25)19-15-9-7-5-4-6-8-13-17-21(24)18-14-11-10-12-16-20(2)23/h8,13,21,24H,3-7,9-12,14-19H2,1-2H3/b13-8-/t21-/m0/s1. The van der Waals surface area contributed by atoms with E-state index in [1.54, 1.807) is 6.92 Å². The molecular weight excluding hydrogens is 328 g/mol. The van der Waals surface area contributed by atoms with Crippen LogP contribution >= 0.6 is 0 Å². The molecule has 0 spiro atoms. The predicted molar refractivity (Wildman–Crippen MR) is 107 cm³/mol. The first-order valence-corrected chi connectivity index (χ1v) is 10.5. The molecule has 1 atom stereocenters. The number of hydrogen-bond acceptors (Lipinski definition) is 4. The van der Waals surface area contributed by atoms with Gasteiger partial charge in [0, 0.05) is 12.8 Å². The van der Waals surface area contributed by atoms with Gasteiger partial charge in [0.2, 0.25) is 0 Å². The van der Waals surface area contributed by atoms with Crippen molar-refractivity contribution in [3.05, 3.63) is 12.2 Å². The van der Waals surface area contributed by atoms with Crippen LogP contribution in [-0.4, -0.2) is 29.6 Å². The van der Waals surface area contributed by atoms with Crippen LogP contribution in [0.1, 0.15) is 104 Å². The van der Waals surface area contributed by atoms with E-state index >= 15 is 0 Å². The summed E-state index contributed by atoms with van der Waals surface area (Å²) in [5.74, 6) is 0.192. The number of ketones is 1. The first-order valence-electron chi connectivity index (χ1n) is 10.5. The minimum Gasteiger partial charge on any atom is -0.466 e. The highest BCUT2D eigenvalue weighted by molar-refractivity contribution is 5.75. The van der Waals surface area contributed by atoms with Gasteiger partial charge in [0.15, 0.2) is 0 Å². The number of carbonyl (C=O) groups is 2. The zero-order valence-electron chi connectivity index (χ0n) is 17.0. The first kappa shape index (κ1) is 24.8. The predicted octanol–water partition coefficient (Wildman–Crippen LogP) is 5.52. The number of carbonyl (C=O) groups excluding carboxylic acids is 2. The molecule has 0 aromatic rings. The second-order valence-electron chi connectivity index (χ2n) is 7.13. The van der Waals surface area contributed by atoms with E-state index in [1.165, 1.54) is 19.3 Å². The van der Waals surface area contributed by atoms with Gasteiger partial charge < -0.3 is 14.6 Å². The van der Waals surface area contributed by atoms with E-state index in [2.05, 4.69) is 12.2 Å². The Morgan fingerprint density at radius 2 is 1.50 bits per heavy atom. The van der Waals surface area contributed by atoms with Crippen molar-refractivity contribution in [2.24, 2.45) is 0 Å². The van der Waals surface area contributed by atoms with Crippen LogP contribution in [0.4, 0.5) is 0 Å². The Morgan fingerprint density at radius 1 is 0.885 bits per heavy atom. The summed E-state index contributed by atoms with van der Waals surface area (Å²) in [4.78, 5) is 22.0. The molecule has 0 heterocycles. The van der Waals surface area contributed by atoms with Crippen molar-refractivity contribution in [2.75, 3.05) is 6.61 Å².